The van der Waals surface area contributed by atoms with Gasteiger partial charge in [-0.3, -0.25) is 0 Å². The van der Waals surface area contributed by atoms with Gasteiger partial charge in [0, 0.05) is 6.54 Å². The van der Waals surface area contributed by atoms with Crippen molar-refractivity contribution in [3.63, 3.8) is 0 Å². The second-order valence-electron chi connectivity index (χ2n) is 6.92. The van der Waals surface area contributed by atoms with Crippen LogP contribution < -0.4 is 5.32 Å². The Morgan fingerprint density at radius 1 is 1.22 bits per heavy atom. The Balaban J connectivity index is 2.34. The number of fused-ring (bicyclic) bond motifs is 1. The molecule has 18 heavy (non-hydrogen) atoms. The van der Waals surface area contributed by atoms with Gasteiger partial charge in [0.05, 0.1) is 5.69 Å². The zero-order valence-corrected chi connectivity index (χ0v) is 12.3. The van der Waals surface area contributed by atoms with Crippen molar-refractivity contribution in [1.29, 1.82) is 0 Å². The lowest BCUT2D eigenvalue weighted by Gasteiger charge is -2.41. The van der Waals surface area contributed by atoms with Gasteiger partial charge in [0.25, 0.3) is 0 Å². The third-order valence-corrected chi connectivity index (χ3v) is 3.72. The summed E-state index contributed by atoms with van der Waals surface area (Å²) in [6.45, 7) is 12.4. The van der Waals surface area contributed by atoms with Crippen LogP contribution >= 0.6 is 0 Å². The van der Waals surface area contributed by atoms with Crippen molar-refractivity contribution in [1.82, 2.24) is 10.2 Å². The molecule has 0 spiro atoms. The van der Waals surface area contributed by atoms with E-state index < -0.39 is 0 Å². The maximum absolute atomic E-state index is 4.45. The highest BCUT2D eigenvalue weighted by Crippen LogP contribution is 2.45. The molecule has 0 bridgehead atoms. The first kappa shape index (κ1) is 13.3. The summed E-state index contributed by atoms with van der Waals surface area (Å²) < 4.78 is 0. The van der Waals surface area contributed by atoms with Gasteiger partial charge in [-0.2, -0.15) is 5.10 Å². The molecule has 1 heterocycles. The van der Waals surface area contributed by atoms with E-state index in [2.05, 4.69) is 56.2 Å². The maximum atomic E-state index is 4.45. The minimum absolute atomic E-state index is 0.190. The number of nitrogens with zero attached hydrogens (tertiary/aromatic N) is 2. The molecule has 0 fully saturated rings. The standard InChI is InChI=1S/C15H25N3/c1-6-7-16-13-8-11-12(17-18-13)9-14(2,3)10-15(11,4)5/h8H,6-7,9-10H2,1-5H3,(H,16,18). The minimum atomic E-state index is 0.190. The normalized spacial score (nSPS) is 20.3. The second kappa shape index (κ2) is 4.52. The average Bonchev–Trinajstić information content (AvgIpc) is 2.24. The third-order valence-electron chi connectivity index (χ3n) is 3.72. The molecule has 3 nitrogen and oxygen atoms in total. The lowest BCUT2D eigenvalue weighted by atomic mass is 9.64. The van der Waals surface area contributed by atoms with Crippen molar-refractivity contribution < 1.29 is 0 Å². The van der Waals surface area contributed by atoms with E-state index >= 15 is 0 Å². The van der Waals surface area contributed by atoms with E-state index in [0.29, 0.717) is 5.41 Å². The van der Waals surface area contributed by atoms with Crippen molar-refractivity contribution in [3.05, 3.63) is 17.3 Å². The molecule has 0 atom stereocenters. The van der Waals surface area contributed by atoms with Crippen LogP contribution in [-0.4, -0.2) is 16.7 Å². The van der Waals surface area contributed by atoms with Crippen molar-refractivity contribution >= 4 is 5.82 Å². The molecule has 3 heteroatoms. The first-order valence-electron chi connectivity index (χ1n) is 6.95. The van der Waals surface area contributed by atoms with Gasteiger partial charge in [-0.25, -0.2) is 0 Å². The Kier molecular flexibility index (Phi) is 3.35. The maximum Gasteiger partial charge on any atom is 0.148 e. The summed E-state index contributed by atoms with van der Waals surface area (Å²) in [6, 6.07) is 2.20. The van der Waals surface area contributed by atoms with Crippen molar-refractivity contribution in [3.8, 4) is 0 Å². The molecule has 0 radical (unpaired) electrons. The number of anilines is 1. The summed E-state index contributed by atoms with van der Waals surface area (Å²) in [5.41, 5.74) is 3.06. The molecule has 100 valence electrons. The minimum Gasteiger partial charge on any atom is -0.369 e. The fraction of sp³-hybridized carbons (Fsp3) is 0.733. The molecule has 1 aliphatic carbocycles. The molecular weight excluding hydrogens is 222 g/mol. The van der Waals surface area contributed by atoms with Gasteiger partial charge in [-0.1, -0.05) is 34.6 Å². The molecule has 0 aromatic carbocycles. The van der Waals surface area contributed by atoms with Crippen LogP contribution in [-0.2, 0) is 11.8 Å². The third kappa shape index (κ3) is 2.65. The summed E-state index contributed by atoms with van der Waals surface area (Å²) in [5, 5.41) is 12.1. The van der Waals surface area contributed by atoms with E-state index in [1.54, 1.807) is 0 Å². The van der Waals surface area contributed by atoms with Gasteiger partial charge < -0.3 is 5.32 Å². The Hall–Kier alpha value is -1.12. The first-order valence-corrected chi connectivity index (χ1v) is 6.95. The summed E-state index contributed by atoms with van der Waals surface area (Å²) in [7, 11) is 0. The summed E-state index contributed by atoms with van der Waals surface area (Å²) >= 11 is 0. The number of aromatic nitrogens is 2. The number of nitrogens with one attached hydrogen (secondary N) is 1. The monoisotopic (exact) mass is 247 g/mol. The van der Waals surface area contributed by atoms with Crippen LogP contribution in [0.1, 0.15) is 58.7 Å². The van der Waals surface area contributed by atoms with E-state index in [4.69, 9.17) is 0 Å². The molecule has 2 rings (SSSR count). The Labute approximate surface area is 110 Å². The number of rotatable bonds is 3. The van der Waals surface area contributed by atoms with E-state index in [0.717, 1.165) is 25.2 Å². The SMILES string of the molecule is CCCNc1cc2c(nn1)CC(C)(C)CC2(C)C. The van der Waals surface area contributed by atoms with E-state index in [9.17, 15) is 0 Å². The Morgan fingerprint density at radius 3 is 2.61 bits per heavy atom. The molecule has 0 aliphatic heterocycles. The number of hydrogen-bond donors (Lipinski definition) is 1. The van der Waals surface area contributed by atoms with Crippen LogP contribution in [0.3, 0.4) is 0 Å². The van der Waals surface area contributed by atoms with Gasteiger partial charge in [-0.05, 0) is 41.7 Å². The zero-order valence-electron chi connectivity index (χ0n) is 12.3. The zero-order chi connectivity index (χ0) is 13.4. The van der Waals surface area contributed by atoms with Gasteiger partial charge in [0.15, 0.2) is 0 Å². The predicted octanol–water partition coefficient (Wildman–Crippen LogP) is 3.55. The topological polar surface area (TPSA) is 37.8 Å². The summed E-state index contributed by atoms with van der Waals surface area (Å²) in [5.74, 6) is 0.920. The van der Waals surface area contributed by atoms with E-state index in [1.807, 2.05) is 0 Å². The Morgan fingerprint density at radius 2 is 1.94 bits per heavy atom. The Bertz CT molecular complexity index is 435. The second-order valence-corrected chi connectivity index (χ2v) is 6.92. The van der Waals surface area contributed by atoms with Crippen LogP contribution in [0.2, 0.25) is 0 Å². The van der Waals surface area contributed by atoms with Crippen LogP contribution in [0.4, 0.5) is 5.82 Å². The summed E-state index contributed by atoms with van der Waals surface area (Å²) in [6.07, 6.45) is 3.34. The van der Waals surface area contributed by atoms with Crippen LogP contribution in [0.15, 0.2) is 6.07 Å². The van der Waals surface area contributed by atoms with Crippen molar-refractivity contribution in [2.24, 2.45) is 5.41 Å². The lowest BCUT2D eigenvalue weighted by Crippen LogP contribution is -2.35. The lowest BCUT2D eigenvalue weighted by molar-refractivity contribution is 0.226. The molecule has 0 amide bonds. The molecule has 0 saturated heterocycles. The highest BCUT2D eigenvalue weighted by molar-refractivity contribution is 5.43. The van der Waals surface area contributed by atoms with Gasteiger partial charge >= 0.3 is 0 Å². The molecule has 1 aromatic heterocycles. The predicted molar refractivity (Wildman–Crippen MR) is 75.9 cm³/mol. The highest BCUT2D eigenvalue weighted by Gasteiger charge is 2.38. The van der Waals surface area contributed by atoms with Gasteiger partial charge in [-0.15, -0.1) is 5.10 Å². The number of hydrogen-bond acceptors (Lipinski definition) is 3. The molecule has 1 aliphatic rings. The van der Waals surface area contributed by atoms with E-state index in [1.165, 1.54) is 17.7 Å². The molecular formula is C15H25N3. The van der Waals surface area contributed by atoms with Gasteiger partial charge in [0.2, 0.25) is 0 Å². The molecule has 0 saturated carbocycles. The average molecular weight is 247 g/mol. The molecule has 1 N–H and O–H groups in total. The quantitative estimate of drug-likeness (QED) is 0.887. The fourth-order valence-electron chi connectivity index (χ4n) is 3.28. The van der Waals surface area contributed by atoms with Crippen molar-refractivity contribution in [2.45, 2.75) is 59.3 Å². The van der Waals surface area contributed by atoms with E-state index in [-0.39, 0.29) is 5.41 Å². The van der Waals surface area contributed by atoms with Crippen LogP contribution in [0.25, 0.3) is 0 Å². The van der Waals surface area contributed by atoms with Crippen LogP contribution in [0, 0.1) is 5.41 Å². The van der Waals surface area contributed by atoms with Crippen LogP contribution in [0.5, 0.6) is 0 Å². The van der Waals surface area contributed by atoms with Gasteiger partial charge in [0.1, 0.15) is 5.82 Å². The largest absolute Gasteiger partial charge is 0.369 e. The smallest absolute Gasteiger partial charge is 0.148 e. The van der Waals surface area contributed by atoms with Crippen molar-refractivity contribution in [2.75, 3.05) is 11.9 Å². The fourth-order valence-corrected chi connectivity index (χ4v) is 3.28. The highest BCUT2D eigenvalue weighted by atomic mass is 15.2. The summed E-state index contributed by atoms with van der Waals surface area (Å²) in [4.78, 5) is 0. The first-order chi connectivity index (χ1) is 8.34. The molecule has 0 unspecified atom stereocenters. The molecule has 1 aromatic rings.